The summed E-state index contributed by atoms with van der Waals surface area (Å²) >= 11 is 12.8. The lowest BCUT2D eigenvalue weighted by Crippen LogP contribution is -2.59. The van der Waals surface area contributed by atoms with Crippen LogP contribution in [0, 0.1) is 11.3 Å². The number of halogens is 2. The molecule has 0 radical (unpaired) electrons. The van der Waals surface area contributed by atoms with Gasteiger partial charge in [0.25, 0.3) is 0 Å². The van der Waals surface area contributed by atoms with E-state index in [0.29, 0.717) is 15.8 Å². The van der Waals surface area contributed by atoms with Gasteiger partial charge in [0.1, 0.15) is 5.75 Å². The average molecular weight is 674 g/mol. The number of rotatable bonds is 12. The highest BCUT2D eigenvalue weighted by atomic mass is 35.5. The normalized spacial score (nSPS) is 22.8. The summed E-state index contributed by atoms with van der Waals surface area (Å²) in [5, 5.41) is 11.0. The van der Waals surface area contributed by atoms with Gasteiger partial charge >= 0.3 is 5.97 Å². The van der Waals surface area contributed by atoms with E-state index in [4.69, 9.17) is 27.9 Å². The van der Waals surface area contributed by atoms with Gasteiger partial charge < -0.3 is 14.7 Å². The van der Waals surface area contributed by atoms with E-state index in [0.717, 1.165) is 29.5 Å². The summed E-state index contributed by atoms with van der Waals surface area (Å²) in [6.07, 6.45) is 2.75. The molecule has 1 amide bonds. The van der Waals surface area contributed by atoms with Gasteiger partial charge in [-0.2, -0.15) is 4.31 Å². The Kier molecular flexibility index (Phi) is 9.84. The number of ether oxygens (including phenoxy) is 1. The minimum Gasteiger partial charge on any atom is -0.497 e. The number of likely N-dealkylation sites (tertiary alicyclic amines) is 1. The maximum absolute atomic E-state index is 14.7. The highest BCUT2D eigenvalue weighted by molar-refractivity contribution is 7.88. The second-order valence-electron chi connectivity index (χ2n) is 12.5. The number of carboxylic acids is 1. The van der Waals surface area contributed by atoms with E-state index in [1.165, 1.54) is 10.6 Å². The van der Waals surface area contributed by atoms with Crippen molar-refractivity contribution < 1.29 is 27.9 Å². The van der Waals surface area contributed by atoms with Gasteiger partial charge in [-0.1, -0.05) is 66.5 Å². The molecule has 5 rings (SSSR count). The van der Waals surface area contributed by atoms with Crippen LogP contribution in [-0.2, 0) is 26.2 Å². The quantitative estimate of drug-likeness (QED) is 0.227. The van der Waals surface area contributed by atoms with Gasteiger partial charge in [-0.25, -0.2) is 8.42 Å². The van der Waals surface area contributed by atoms with Crippen molar-refractivity contribution in [3.8, 4) is 5.75 Å². The van der Waals surface area contributed by atoms with E-state index in [-0.39, 0.29) is 43.7 Å². The van der Waals surface area contributed by atoms with Crippen molar-refractivity contribution in [1.82, 2.24) is 9.21 Å². The minimum atomic E-state index is -3.72. The molecule has 1 saturated heterocycles. The lowest BCUT2D eigenvalue weighted by molar-refractivity contribution is -0.161. The van der Waals surface area contributed by atoms with E-state index < -0.39 is 33.5 Å². The Balaban J connectivity index is 1.65. The van der Waals surface area contributed by atoms with Crippen molar-refractivity contribution >= 4 is 45.1 Å². The van der Waals surface area contributed by atoms with Crippen molar-refractivity contribution in [1.29, 1.82) is 0 Å². The van der Waals surface area contributed by atoms with Crippen LogP contribution < -0.4 is 4.74 Å². The zero-order chi connectivity index (χ0) is 32.5. The first-order chi connectivity index (χ1) is 21.3. The zero-order valence-electron chi connectivity index (χ0n) is 25.5. The SMILES string of the molecule is COc1cccc(CN(C[C@H](C2CC2)N2C(=O)[C@@](C)(CC(=O)O)CC(c3cccc(Cl)c3)[C@H]2c2ccc(Cl)cc2)S(C)(=O)=O)c1. The summed E-state index contributed by atoms with van der Waals surface area (Å²) in [4.78, 5) is 28.7. The number of hydrogen-bond acceptors (Lipinski definition) is 5. The van der Waals surface area contributed by atoms with Crippen molar-refractivity contribution in [3.05, 3.63) is 99.5 Å². The largest absolute Gasteiger partial charge is 0.497 e. The van der Waals surface area contributed by atoms with Crippen LogP contribution in [0.1, 0.15) is 61.3 Å². The Labute approximate surface area is 274 Å². The molecule has 0 aromatic heterocycles. The molecule has 1 aliphatic heterocycles. The summed E-state index contributed by atoms with van der Waals surface area (Å²) in [7, 11) is -2.17. The fraction of sp³-hybridized carbons (Fsp3) is 0.412. The van der Waals surface area contributed by atoms with Crippen LogP contribution in [0.25, 0.3) is 0 Å². The molecule has 45 heavy (non-hydrogen) atoms. The highest BCUT2D eigenvalue weighted by Gasteiger charge is 2.55. The summed E-state index contributed by atoms with van der Waals surface area (Å²) in [5.41, 5.74) is 1.22. The number of methoxy groups -OCH3 is 1. The van der Waals surface area contributed by atoms with Gasteiger partial charge in [-0.15, -0.1) is 0 Å². The number of nitrogens with zero attached hydrogens (tertiary/aromatic N) is 2. The topological polar surface area (TPSA) is 104 Å². The van der Waals surface area contributed by atoms with E-state index >= 15 is 0 Å². The molecule has 8 nitrogen and oxygen atoms in total. The summed E-state index contributed by atoms with van der Waals surface area (Å²) in [6.45, 7) is 1.86. The molecule has 2 aliphatic rings. The molecule has 3 aromatic rings. The molecular formula is C34H38Cl2N2O6S. The van der Waals surface area contributed by atoms with Gasteiger partial charge in [0.05, 0.1) is 31.2 Å². The zero-order valence-corrected chi connectivity index (χ0v) is 27.9. The monoisotopic (exact) mass is 672 g/mol. The third-order valence-electron chi connectivity index (χ3n) is 9.01. The first kappa shape index (κ1) is 33.3. The highest BCUT2D eigenvalue weighted by Crippen LogP contribution is 2.54. The maximum atomic E-state index is 14.7. The van der Waals surface area contributed by atoms with Crippen LogP contribution in [-0.4, -0.2) is 60.6 Å². The molecule has 240 valence electrons. The molecule has 1 unspecified atom stereocenters. The molecule has 1 heterocycles. The van der Waals surface area contributed by atoms with Crippen LogP contribution in [0.5, 0.6) is 5.75 Å². The van der Waals surface area contributed by atoms with Gasteiger partial charge in [-0.3, -0.25) is 9.59 Å². The van der Waals surface area contributed by atoms with Crippen LogP contribution in [0.15, 0.2) is 72.8 Å². The van der Waals surface area contributed by atoms with Crippen molar-refractivity contribution in [2.24, 2.45) is 11.3 Å². The standard InChI is InChI=1S/C34H38Cl2N2O6S/c1-34(19-31(39)40)18-29(25-7-5-8-27(36)17-25)32(24-12-14-26(35)15-13-24)38(33(34)41)30(23-10-11-23)21-37(45(3,42)43)20-22-6-4-9-28(16-22)44-2/h4-9,12-17,23,29-30,32H,10-11,18-21H2,1-3H3,(H,39,40)/t29?,30-,32-,34-/m1/s1. The van der Waals surface area contributed by atoms with Crippen molar-refractivity contribution in [2.45, 2.75) is 57.2 Å². The van der Waals surface area contributed by atoms with Crippen molar-refractivity contribution in [3.63, 3.8) is 0 Å². The Morgan fingerprint density at radius 3 is 2.33 bits per heavy atom. The van der Waals surface area contributed by atoms with Gasteiger partial charge in [0, 0.05) is 35.1 Å². The van der Waals surface area contributed by atoms with Crippen molar-refractivity contribution in [2.75, 3.05) is 19.9 Å². The molecular weight excluding hydrogens is 635 g/mol. The number of aliphatic carboxylic acids is 1. The van der Waals surface area contributed by atoms with Crippen LogP contribution in [0.2, 0.25) is 10.0 Å². The molecule has 1 saturated carbocycles. The number of hydrogen-bond donors (Lipinski definition) is 1. The molecule has 11 heteroatoms. The molecule has 0 bridgehead atoms. The summed E-state index contributed by atoms with van der Waals surface area (Å²) < 4.78 is 33.4. The van der Waals surface area contributed by atoms with E-state index in [1.54, 1.807) is 44.4 Å². The number of carbonyl (C=O) groups is 2. The number of amides is 1. The van der Waals surface area contributed by atoms with E-state index in [2.05, 4.69) is 0 Å². The molecule has 3 aromatic carbocycles. The Hall–Kier alpha value is -3.11. The third kappa shape index (κ3) is 7.65. The average Bonchev–Trinajstić information content (AvgIpc) is 3.82. The maximum Gasteiger partial charge on any atom is 0.304 e. The molecule has 4 atom stereocenters. The number of benzene rings is 3. The van der Waals surface area contributed by atoms with Crippen LogP contribution in [0.4, 0.5) is 0 Å². The number of sulfonamides is 1. The second-order valence-corrected chi connectivity index (χ2v) is 15.4. The lowest BCUT2D eigenvalue weighted by atomic mass is 9.67. The Morgan fingerprint density at radius 1 is 1.04 bits per heavy atom. The smallest absolute Gasteiger partial charge is 0.304 e. The summed E-state index contributed by atoms with van der Waals surface area (Å²) in [6, 6.07) is 21.0. The first-order valence-corrected chi connectivity index (χ1v) is 17.5. The first-order valence-electron chi connectivity index (χ1n) is 14.9. The van der Waals surface area contributed by atoms with E-state index in [9.17, 15) is 23.1 Å². The lowest BCUT2D eigenvalue weighted by Gasteiger charge is -2.52. The Morgan fingerprint density at radius 2 is 1.73 bits per heavy atom. The molecule has 1 aliphatic carbocycles. The van der Waals surface area contributed by atoms with Gasteiger partial charge in [0.2, 0.25) is 15.9 Å². The van der Waals surface area contributed by atoms with Crippen LogP contribution in [0.3, 0.4) is 0 Å². The van der Waals surface area contributed by atoms with Gasteiger partial charge in [-0.05, 0) is 78.3 Å². The van der Waals surface area contributed by atoms with Crippen LogP contribution >= 0.6 is 23.2 Å². The molecule has 0 spiro atoms. The predicted octanol–water partition coefficient (Wildman–Crippen LogP) is 6.78. The molecule has 1 N–H and O–H groups in total. The Bertz CT molecular complexity index is 1660. The number of piperidine rings is 1. The predicted molar refractivity (Wildman–Crippen MR) is 175 cm³/mol. The minimum absolute atomic E-state index is 0.0468. The number of carbonyl (C=O) groups excluding carboxylic acids is 1. The summed E-state index contributed by atoms with van der Waals surface area (Å²) in [5.74, 6) is -1.03. The fourth-order valence-electron chi connectivity index (χ4n) is 6.69. The number of carboxylic acid groups (broad SMARTS) is 1. The third-order valence-corrected chi connectivity index (χ3v) is 10.7. The second kappa shape index (κ2) is 13.3. The van der Waals surface area contributed by atoms with Gasteiger partial charge in [0.15, 0.2) is 0 Å². The van der Waals surface area contributed by atoms with E-state index in [1.807, 2.05) is 47.4 Å². The molecule has 2 fully saturated rings. The fourth-order valence-corrected chi connectivity index (χ4v) is 7.82.